The monoisotopic (exact) mass is 551 g/mol. The maximum atomic E-state index is 12.7. The number of thiazole rings is 1. The molecule has 3 aromatic carbocycles. The molecule has 4 aromatic rings. The number of hydrogen-bond acceptors (Lipinski definition) is 8. The molecule has 1 amide bonds. The number of carbonyl (C=O) groups is 1. The highest BCUT2D eigenvalue weighted by atomic mass is 32.2. The lowest BCUT2D eigenvalue weighted by Gasteiger charge is -2.34. The minimum atomic E-state index is -3.72. The highest BCUT2D eigenvalue weighted by Gasteiger charge is 2.20. The van der Waals surface area contributed by atoms with E-state index in [1.807, 2.05) is 18.2 Å². The fraction of sp³-hybridized carbons (Fsp3) is 0.259. The quantitative estimate of drug-likeness (QED) is 0.327. The Hall–Kier alpha value is -3.67. The first kappa shape index (κ1) is 26.0. The topological polar surface area (TPSA) is 104 Å². The number of sulfonamides is 1. The first-order chi connectivity index (χ1) is 18.4. The zero-order valence-electron chi connectivity index (χ0n) is 21.0. The van der Waals surface area contributed by atoms with Crippen LogP contribution in [0, 0.1) is 0 Å². The Bertz CT molecular complexity index is 1520. The average molecular weight is 552 g/mol. The van der Waals surface area contributed by atoms with Gasteiger partial charge in [0.2, 0.25) is 0 Å². The SMILES string of the molecule is COc1ccc2nc(N3CCN(CCNC(=O)c4cccc(NS(=O)(=O)c5ccccc5)c4)CC3)sc2c1. The van der Waals surface area contributed by atoms with Gasteiger partial charge in [-0.3, -0.25) is 14.4 Å². The molecule has 1 aromatic heterocycles. The summed E-state index contributed by atoms with van der Waals surface area (Å²) in [6, 6.07) is 20.6. The molecule has 2 heterocycles. The highest BCUT2D eigenvalue weighted by molar-refractivity contribution is 7.92. The van der Waals surface area contributed by atoms with Crippen LogP contribution in [0.25, 0.3) is 10.2 Å². The standard InChI is InChI=1S/C27H29N5O4S2/c1-36-22-10-11-24-25(19-22)37-27(29-24)32-16-14-31(15-17-32)13-12-28-26(33)20-6-5-7-21(18-20)30-38(34,35)23-8-3-2-4-9-23/h2-11,18-19,30H,12-17H2,1H3,(H,28,33). The van der Waals surface area contributed by atoms with Gasteiger partial charge in [0.15, 0.2) is 5.13 Å². The molecule has 0 spiro atoms. The first-order valence-electron chi connectivity index (χ1n) is 12.3. The van der Waals surface area contributed by atoms with Crippen molar-refractivity contribution in [2.24, 2.45) is 0 Å². The number of fused-ring (bicyclic) bond motifs is 1. The van der Waals surface area contributed by atoms with Gasteiger partial charge in [-0.15, -0.1) is 0 Å². The minimum Gasteiger partial charge on any atom is -0.497 e. The Morgan fingerprint density at radius 3 is 2.55 bits per heavy atom. The zero-order valence-corrected chi connectivity index (χ0v) is 22.6. The molecule has 0 atom stereocenters. The molecule has 38 heavy (non-hydrogen) atoms. The highest BCUT2D eigenvalue weighted by Crippen LogP contribution is 2.31. The van der Waals surface area contributed by atoms with E-state index in [0.29, 0.717) is 17.8 Å². The van der Waals surface area contributed by atoms with Crippen LogP contribution in [0.4, 0.5) is 10.8 Å². The molecule has 1 aliphatic rings. The third-order valence-electron chi connectivity index (χ3n) is 6.37. The Morgan fingerprint density at radius 2 is 1.79 bits per heavy atom. The third-order valence-corrected chi connectivity index (χ3v) is 8.85. The van der Waals surface area contributed by atoms with Gasteiger partial charge in [-0.1, -0.05) is 35.6 Å². The predicted molar refractivity (Wildman–Crippen MR) is 151 cm³/mol. The molecule has 2 N–H and O–H groups in total. The number of methoxy groups -OCH3 is 1. The van der Waals surface area contributed by atoms with Crippen molar-refractivity contribution in [2.75, 3.05) is 56.0 Å². The van der Waals surface area contributed by atoms with E-state index in [2.05, 4.69) is 19.8 Å². The second kappa shape index (κ2) is 11.4. The smallest absolute Gasteiger partial charge is 0.261 e. The van der Waals surface area contributed by atoms with Crippen LogP contribution in [-0.4, -0.2) is 70.6 Å². The maximum Gasteiger partial charge on any atom is 0.261 e. The van der Waals surface area contributed by atoms with Crippen LogP contribution < -0.4 is 19.7 Å². The number of benzene rings is 3. The molecule has 0 radical (unpaired) electrons. The Morgan fingerprint density at radius 1 is 1.00 bits per heavy atom. The van der Waals surface area contributed by atoms with Gasteiger partial charge >= 0.3 is 0 Å². The van der Waals surface area contributed by atoms with E-state index >= 15 is 0 Å². The normalized spacial score (nSPS) is 14.4. The van der Waals surface area contributed by atoms with Crippen molar-refractivity contribution in [3.05, 3.63) is 78.4 Å². The minimum absolute atomic E-state index is 0.165. The van der Waals surface area contributed by atoms with Crippen LogP contribution in [0.1, 0.15) is 10.4 Å². The number of rotatable bonds is 9. The van der Waals surface area contributed by atoms with Gasteiger partial charge in [0.1, 0.15) is 5.75 Å². The van der Waals surface area contributed by atoms with Crippen molar-refractivity contribution in [1.29, 1.82) is 0 Å². The Kier molecular flexibility index (Phi) is 7.77. The molecule has 0 unspecified atom stereocenters. The summed E-state index contributed by atoms with van der Waals surface area (Å²) in [4.78, 5) is 22.3. The van der Waals surface area contributed by atoms with Crippen LogP contribution in [-0.2, 0) is 10.0 Å². The molecule has 0 aliphatic carbocycles. The van der Waals surface area contributed by atoms with Crippen molar-refractivity contribution < 1.29 is 17.9 Å². The van der Waals surface area contributed by atoms with Crippen LogP contribution >= 0.6 is 11.3 Å². The number of aromatic nitrogens is 1. The summed E-state index contributed by atoms with van der Waals surface area (Å²) >= 11 is 1.67. The van der Waals surface area contributed by atoms with E-state index < -0.39 is 10.0 Å². The lowest BCUT2D eigenvalue weighted by Crippen LogP contribution is -2.48. The molecule has 11 heteroatoms. The zero-order chi connectivity index (χ0) is 26.5. The van der Waals surface area contributed by atoms with Crippen molar-refractivity contribution >= 4 is 48.3 Å². The molecule has 1 fully saturated rings. The Labute approximate surface area is 226 Å². The fourth-order valence-electron chi connectivity index (χ4n) is 4.29. The summed E-state index contributed by atoms with van der Waals surface area (Å²) < 4.78 is 34.1. The number of nitrogens with one attached hydrogen (secondary N) is 2. The van der Waals surface area contributed by atoms with Crippen molar-refractivity contribution in [1.82, 2.24) is 15.2 Å². The van der Waals surface area contributed by atoms with Crippen LogP contribution in [0.15, 0.2) is 77.7 Å². The third kappa shape index (κ3) is 6.07. The van der Waals surface area contributed by atoms with Gasteiger partial charge in [0.05, 0.1) is 22.2 Å². The summed E-state index contributed by atoms with van der Waals surface area (Å²) in [5.74, 6) is 0.592. The molecule has 1 aliphatic heterocycles. The van der Waals surface area contributed by atoms with Gasteiger partial charge in [-0.25, -0.2) is 13.4 Å². The Balaban J connectivity index is 1.10. The molecular formula is C27H29N5O4S2. The number of carbonyl (C=O) groups excluding carboxylic acids is 1. The number of amides is 1. The fourth-order valence-corrected chi connectivity index (χ4v) is 6.40. The summed E-state index contributed by atoms with van der Waals surface area (Å²) in [6.45, 7) is 4.73. The largest absolute Gasteiger partial charge is 0.497 e. The summed E-state index contributed by atoms with van der Waals surface area (Å²) in [7, 11) is -2.06. The molecular weight excluding hydrogens is 522 g/mol. The number of piperazine rings is 1. The summed E-state index contributed by atoms with van der Waals surface area (Å²) in [6.07, 6.45) is 0. The molecule has 9 nitrogen and oxygen atoms in total. The molecule has 1 saturated heterocycles. The van der Waals surface area contributed by atoms with Crippen LogP contribution in [0.3, 0.4) is 0 Å². The van der Waals surface area contributed by atoms with Gasteiger partial charge in [0.25, 0.3) is 15.9 Å². The van der Waals surface area contributed by atoms with Crippen molar-refractivity contribution in [2.45, 2.75) is 4.90 Å². The average Bonchev–Trinajstić information content (AvgIpc) is 3.37. The summed E-state index contributed by atoms with van der Waals surface area (Å²) in [5, 5.41) is 3.96. The van der Waals surface area contributed by atoms with Crippen molar-refractivity contribution in [3.8, 4) is 5.75 Å². The first-order valence-corrected chi connectivity index (χ1v) is 14.6. The number of nitrogens with zero attached hydrogens (tertiary/aromatic N) is 3. The number of ether oxygens (including phenoxy) is 1. The lowest BCUT2D eigenvalue weighted by atomic mass is 10.2. The van der Waals surface area contributed by atoms with Gasteiger partial charge in [-0.05, 0) is 48.5 Å². The second-order valence-electron chi connectivity index (χ2n) is 8.91. The lowest BCUT2D eigenvalue weighted by molar-refractivity contribution is 0.0948. The molecule has 0 saturated carbocycles. The van der Waals surface area contributed by atoms with Gasteiger partial charge in [0, 0.05) is 50.5 Å². The van der Waals surface area contributed by atoms with E-state index in [0.717, 1.165) is 53.8 Å². The van der Waals surface area contributed by atoms with Crippen molar-refractivity contribution in [3.63, 3.8) is 0 Å². The van der Waals surface area contributed by atoms with Crippen LogP contribution in [0.5, 0.6) is 5.75 Å². The number of hydrogen-bond donors (Lipinski definition) is 2. The van der Waals surface area contributed by atoms with Gasteiger partial charge < -0.3 is 15.0 Å². The van der Waals surface area contributed by atoms with E-state index in [1.54, 1.807) is 60.9 Å². The van der Waals surface area contributed by atoms with E-state index in [4.69, 9.17) is 9.72 Å². The van der Waals surface area contributed by atoms with Gasteiger partial charge in [-0.2, -0.15) is 0 Å². The second-order valence-corrected chi connectivity index (χ2v) is 11.6. The van der Waals surface area contributed by atoms with E-state index in [9.17, 15) is 13.2 Å². The predicted octanol–water partition coefficient (Wildman–Crippen LogP) is 3.66. The summed E-state index contributed by atoms with van der Waals surface area (Å²) in [5.41, 5.74) is 1.72. The van der Waals surface area contributed by atoms with Crippen LogP contribution in [0.2, 0.25) is 0 Å². The molecule has 5 rings (SSSR count). The number of anilines is 2. The maximum absolute atomic E-state index is 12.7. The van der Waals surface area contributed by atoms with E-state index in [1.165, 1.54) is 12.1 Å². The molecule has 198 valence electrons. The van der Waals surface area contributed by atoms with E-state index in [-0.39, 0.29) is 10.8 Å². The molecule has 0 bridgehead atoms.